The number of rotatable bonds is 4. The number of hydrogen-bond acceptors (Lipinski definition) is 4. The van der Waals surface area contributed by atoms with E-state index in [4.69, 9.17) is 21.2 Å². The topological polar surface area (TPSA) is 79.8 Å². The second-order valence-corrected chi connectivity index (χ2v) is 7.42. The summed E-state index contributed by atoms with van der Waals surface area (Å²) in [5.74, 6) is 1.55. The van der Waals surface area contributed by atoms with Gasteiger partial charge in [0.25, 0.3) is 10.2 Å². The van der Waals surface area contributed by atoms with Crippen LogP contribution < -0.4 is 5.14 Å². The summed E-state index contributed by atoms with van der Waals surface area (Å²) in [5.41, 5.74) is 0.861. The molecule has 1 aromatic carbocycles. The highest BCUT2D eigenvalue weighted by atomic mass is 35.5. The molecule has 8 heteroatoms. The molecule has 3 rings (SSSR count). The molecule has 0 bridgehead atoms. The first-order chi connectivity index (χ1) is 10.9. The second-order valence-electron chi connectivity index (χ2n) is 5.47. The molecule has 0 amide bonds. The summed E-state index contributed by atoms with van der Waals surface area (Å²) >= 11 is 6.17. The minimum absolute atomic E-state index is 0.400. The van der Waals surface area contributed by atoms with Gasteiger partial charge in [0.05, 0.1) is 11.6 Å². The molecule has 1 aliphatic heterocycles. The van der Waals surface area contributed by atoms with E-state index in [2.05, 4.69) is 4.90 Å². The molecule has 124 valence electrons. The third-order valence-corrected chi connectivity index (χ3v) is 5.29. The highest BCUT2D eigenvalue weighted by molar-refractivity contribution is 7.86. The Bertz CT molecular complexity index is 783. The second kappa shape index (κ2) is 6.62. The van der Waals surface area contributed by atoms with Crippen molar-refractivity contribution in [1.29, 1.82) is 0 Å². The first kappa shape index (κ1) is 16.5. The number of nitrogens with zero attached hydrogens (tertiary/aromatic N) is 2. The molecule has 1 fully saturated rings. The first-order valence-corrected chi connectivity index (χ1v) is 9.15. The van der Waals surface area contributed by atoms with E-state index >= 15 is 0 Å². The Hall–Kier alpha value is -1.38. The van der Waals surface area contributed by atoms with E-state index < -0.39 is 10.2 Å². The maximum absolute atomic E-state index is 11.3. The van der Waals surface area contributed by atoms with Crippen LogP contribution in [0.1, 0.15) is 5.76 Å². The van der Waals surface area contributed by atoms with Crippen LogP contribution >= 0.6 is 11.6 Å². The van der Waals surface area contributed by atoms with Gasteiger partial charge in [-0.3, -0.25) is 4.90 Å². The molecule has 1 saturated heterocycles. The van der Waals surface area contributed by atoms with E-state index in [0.717, 1.165) is 17.1 Å². The predicted octanol–water partition coefficient (Wildman–Crippen LogP) is 1.92. The van der Waals surface area contributed by atoms with E-state index in [1.807, 2.05) is 36.4 Å². The first-order valence-electron chi connectivity index (χ1n) is 7.27. The quantitative estimate of drug-likeness (QED) is 0.908. The van der Waals surface area contributed by atoms with Crippen LogP contribution in [0, 0.1) is 0 Å². The van der Waals surface area contributed by atoms with Crippen LogP contribution in [0.3, 0.4) is 0 Å². The Kier molecular flexibility index (Phi) is 4.74. The van der Waals surface area contributed by atoms with Crippen LogP contribution in [-0.4, -0.2) is 43.8 Å². The number of hydrogen-bond donors (Lipinski definition) is 1. The minimum atomic E-state index is -3.59. The Balaban J connectivity index is 1.64. The van der Waals surface area contributed by atoms with Crippen molar-refractivity contribution in [3.8, 4) is 11.3 Å². The molecule has 0 saturated carbocycles. The molecule has 0 unspecified atom stereocenters. The normalized spacial score (nSPS) is 17.5. The van der Waals surface area contributed by atoms with Crippen molar-refractivity contribution in [2.24, 2.45) is 5.14 Å². The number of benzene rings is 1. The van der Waals surface area contributed by atoms with Crippen molar-refractivity contribution < 1.29 is 12.8 Å². The molecule has 0 aliphatic carbocycles. The lowest BCUT2D eigenvalue weighted by Crippen LogP contribution is -2.50. The predicted molar refractivity (Wildman–Crippen MR) is 89.1 cm³/mol. The van der Waals surface area contributed by atoms with Crippen molar-refractivity contribution in [3.05, 3.63) is 47.2 Å². The van der Waals surface area contributed by atoms with E-state index in [1.165, 1.54) is 4.31 Å². The summed E-state index contributed by atoms with van der Waals surface area (Å²) in [6.45, 7) is 2.67. The van der Waals surface area contributed by atoms with Crippen molar-refractivity contribution >= 4 is 21.8 Å². The van der Waals surface area contributed by atoms with Gasteiger partial charge in [0.15, 0.2) is 0 Å². The zero-order valence-corrected chi connectivity index (χ0v) is 14.1. The number of piperazine rings is 1. The van der Waals surface area contributed by atoms with Crippen LogP contribution in [0.5, 0.6) is 0 Å². The van der Waals surface area contributed by atoms with Gasteiger partial charge < -0.3 is 4.42 Å². The maximum atomic E-state index is 11.3. The molecule has 0 radical (unpaired) electrons. The molecular formula is C15H18ClN3O3S. The van der Waals surface area contributed by atoms with Crippen LogP contribution in [-0.2, 0) is 16.8 Å². The van der Waals surface area contributed by atoms with Crippen molar-refractivity contribution in [2.45, 2.75) is 6.54 Å². The van der Waals surface area contributed by atoms with Gasteiger partial charge in [0.1, 0.15) is 11.5 Å². The monoisotopic (exact) mass is 355 g/mol. The molecule has 2 heterocycles. The molecule has 2 aromatic rings. The van der Waals surface area contributed by atoms with E-state index in [1.54, 1.807) is 0 Å². The average Bonchev–Trinajstić information content (AvgIpc) is 2.95. The van der Waals surface area contributed by atoms with Crippen LogP contribution in [0.4, 0.5) is 0 Å². The molecule has 1 aliphatic rings. The average molecular weight is 356 g/mol. The van der Waals surface area contributed by atoms with Crippen LogP contribution in [0.25, 0.3) is 11.3 Å². The van der Waals surface area contributed by atoms with Gasteiger partial charge in [-0.15, -0.1) is 0 Å². The summed E-state index contributed by atoms with van der Waals surface area (Å²) in [6, 6.07) is 11.3. The van der Waals surface area contributed by atoms with Crippen molar-refractivity contribution in [2.75, 3.05) is 26.2 Å². The van der Waals surface area contributed by atoms with Gasteiger partial charge in [0.2, 0.25) is 0 Å². The van der Waals surface area contributed by atoms with Crippen molar-refractivity contribution in [3.63, 3.8) is 0 Å². The SMILES string of the molecule is NS(=O)(=O)N1CCN(Cc2ccc(-c3ccccc3Cl)o2)CC1. The third kappa shape index (κ3) is 3.94. The maximum Gasteiger partial charge on any atom is 0.276 e. The molecular weight excluding hydrogens is 338 g/mol. The summed E-state index contributed by atoms with van der Waals surface area (Å²) < 4.78 is 29.8. The van der Waals surface area contributed by atoms with Gasteiger partial charge in [-0.1, -0.05) is 23.7 Å². The number of halogens is 1. The fraction of sp³-hybridized carbons (Fsp3) is 0.333. The Labute approximate surface area is 140 Å². The Morgan fingerprint density at radius 2 is 1.78 bits per heavy atom. The highest BCUT2D eigenvalue weighted by Gasteiger charge is 2.24. The van der Waals surface area contributed by atoms with Gasteiger partial charge in [-0.25, -0.2) is 5.14 Å². The number of furan rings is 1. The summed E-state index contributed by atoms with van der Waals surface area (Å²) in [6.07, 6.45) is 0. The molecule has 6 nitrogen and oxygen atoms in total. The van der Waals surface area contributed by atoms with Crippen molar-refractivity contribution in [1.82, 2.24) is 9.21 Å². The molecule has 1 aromatic heterocycles. The minimum Gasteiger partial charge on any atom is -0.460 e. The van der Waals surface area contributed by atoms with Crippen LogP contribution in [0.2, 0.25) is 5.02 Å². The van der Waals surface area contributed by atoms with Gasteiger partial charge >= 0.3 is 0 Å². The summed E-state index contributed by atoms with van der Waals surface area (Å²) in [5, 5.41) is 5.79. The molecule has 0 atom stereocenters. The zero-order valence-electron chi connectivity index (χ0n) is 12.5. The Morgan fingerprint density at radius 3 is 2.43 bits per heavy atom. The standard InChI is InChI=1S/C15H18ClN3O3S/c16-14-4-2-1-3-13(14)15-6-5-12(22-15)11-18-7-9-19(10-8-18)23(17,20)21/h1-6H,7-11H2,(H2,17,20,21). The summed E-state index contributed by atoms with van der Waals surface area (Å²) in [4.78, 5) is 2.14. The van der Waals surface area contributed by atoms with Gasteiger partial charge in [-0.2, -0.15) is 12.7 Å². The lowest BCUT2D eigenvalue weighted by Gasteiger charge is -2.32. The lowest BCUT2D eigenvalue weighted by molar-refractivity contribution is 0.171. The zero-order chi connectivity index (χ0) is 16.4. The largest absolute Gasteiger partial charge is 0.460 e. The number of nitrogens with two attached hydrogens (primary N) is 1. The Morgan fingerprint density at radius 1 is 1.09 bits per heavy atom. The lowest BCUT2D eigenvalue weighted by atomic mass is 10.2. The fourth-order valence-electron chi connectivity index (χ4n) is 2.63. The molecule has 23 heavy (non-hydrogen) atoms. The van der Waals surface area contributed by atoms with Crippen LogP contribution in [0.15, 0.2) is 40.8 Å². The van der Waals surface area contributed by atoms with Gasteiger partial charge in [-0.05, 0) is 24.3 Å². The van der Waals surface area contributed by atoms with E-state index in [0.29, 0.717) is 37.7 Å². The van der Waals surface area contributed by atoms with Gasteiger partial charge in [0, 0.05) is 31.7 Å². The van der Waals surface area contributed by atoms with E-state index in [9.17, 15) is 8.42 Å². The smallest absolute Gasteiger partial charge is 0.276 e. The third-order valence-electron chi connectivity index (χ3n) is 3.87. The molecule has 0 spiro atoms. The fourth-order valence-corrected chi connectivity index (χ4v) is 3.53. The summed E-state index contributed by atoms with van der Waals surface area (Å²) in [7, 11) is -3.59. The van der Waals surface area contributed by atoms with E-state index in [-0.39, 0.29) is 0 Å². The highest BCUT2D eigenvalue weighted by Crippen LogP contribution is 2.29. The molecule has 2 N–H and O–H groups in total.